The molecule has 1 aromatic carbocycles. The number of likely N-dealkylation sites (N-methyl/N-ethyl adjacent to an activating group) is 1. The Labute approximate surface area is 156 Å². The van der Waals surface area contributed by atoms with Gasteiger partial charge in [-0.1, -0.05) is 18.2 Å². The molecule has 26 heavy (non-hydrogen) atoms. The van der Waals surface area contributed by atoms with Crippen molar-refractivity contribution in [3.05, 3.63) is 35.5 Å². The zero-order valence-corrected chi connectivity index (χ0v) is 16.3. The van der Waals surface area contributed by atoms with Crippen LogP contribution in [0.3, 0.4) is 0 Å². The zero-order chi connectivity index (χ0) is 18.5. The first-order valence-corrected chi connectivity index (χ1v) is 9.80. The maximum atomic E-state index is 12.2. The number of hydrogen-bond donors (Lipinski definition) is 2. The van der Waals surface area contributed by atoms with Crippen LogP contribution in [0.15, 0.2) is 24.3 Å². The molecule has 0 bridgehead atoms. The summed E-state index contributed by atoms with van der Waals surface area (Å²) in [5.41, 5.74) is 3.68. The van der Waals surface area contributed by atoms with Gasteiger partial charge in [0.15, 0.2) is 0 Å². The summed E-state index contributed by atoms with van der Waals surface area (Å²) in [6, 6.07) is 8.84. The molecule has 1 atom stereocenters. The fourth-order valence-corrected chi connectivity index (χ4v) is 3.86. The Morgan fingerprint density at radius 1 is 1.23 bits per heavy atom. The van der Waals surface area contributed by atoms with E-state index in [-0.39, 0.29) is 5.91 Å². The highest BCUT2D eigenvalue weighted by molar-refractivity contribution is 5.84. The molecule has 0 spiro atoms. The Morgan fingerprint density at radius 2 is 1.96 bits per heavy atom. The predicted molar refractivity (Wildman–Crippen MR) is 108 cm³/mol. The lowest BCUT2D eigenvalue weighted by molar-refractivity contribution is -0.121. The quantitative estimate of drug-likeness (QED) is 0.802. The number of benzene rings is 1. The van der Waals surface area contributed by atoms with Crippen molar-refractivity contribution >= 4 is 16.8 Å². The molecule has 1 aromatic heterocycles. The van der Waals surface area contributed by atoms with Crippen LogP contribution < -0.4 is 5.32 Å². The summed E-state index contributed by atoms with van der Waals surface area (Å²) in [6.45, 7) is 9.52. The van der Waals surface area contributed by atoms with E-state index in [1.807, 2.05) is 6.07 Å². The fourth-order valence-electron chi connectivity index (χ4n) is 3.86. The van der Waals surface area contributed by atoms with Gasteiger partial charge in [-0.3, -0.25) is 9.69 Å². The molecule has 0 saturated carbocycles. The van der Waals surface area contributed by atoms with Gasteiger partial charge in [-0.25, -0.2) is 0 Å². The Balaban J connectivity index is 1.41. The summed E-state index contributed by atoms with van der Waals surface area (Å²) in [5, 5.41) is 4.37. The molecule has 2 N–H and O–H groups in total. The molecule has 3 rings (SSSR count). The third kappa shape index (κ3) is 4.65. The van der Waals surface area contributed by atoms with E-state index in [4.69, 9.17) is 0 Å². The SMILES string of the molecule is Cc1[nH]c2ccccc2c1CCNC(=O)CCC(C)N1CCN(C)CC1. The third-order valence-electron chi connectivity index (χ3n) is 5.67. The average molecular weight is 357 g/mol. The van der Waals surface area contributed by atoms with E-state index in [0.29, 0.717) is 19.0 Å². The van der Waals surface area contributed by atoms with Gasteiger partial charge >= 0.3 is 0 Å². The van der Waals surface area contributed by atoms with E-state index < -0.39 is 0 Å². The van der Waals surface area contributed by atoms with Gasteiger partial charge < -0.3 is 15.2 Å². The zero-order valence-electron chi connectivity index (χ0n) is 16.3. The van der Waals surface area contributed by atoms with Crippen molar-refractivity contribution in [2.24, 2.45) is 0 Å². The monoisotopic (exact) mass is 356 g/mol. The number of H-pyrrole nitrogens is 1. The molecule has 1 fully saturated rings. The van der Waals surface area contributed by atoms with Crippen LogP contribution in [0.5, 0.6) is 0 Å². The number of aromatic nitrogens is 1. The van der Waals surface area contributed by atoms with Crippen LogP contribution in [0, 0.1) is 6.92 Å². The number of amides is 1. The number of piperazine rings is 1. The van der Waals surface area contributed by atoms with E-state index in [0.717, 1.165) is 39.0 Å². The number of carbonyl (C=O) groups is 1. The Kier molecular flexibility index (Phi) is 6.33. The summed E-state index contributed by atoms with van der Waals surface area (Å²) in [5.74, 6) is 0.170. The molecule has 1 unspecified atom stereocenters. The van der Waals surface area contributed by atoms with E-state index in [1.165, 1.54) is 22.2 Å². The highest BCUT2D eigenvalue weighted by Crippen LogP contribution is 2.21. The largest absolute Gasteiger partial charge is 0.358 e. The number of nitrogens with one attached hydrogen (secondary N) is 2. The lowest BCUT2D eigenvalue weighted by Gasteiger charge is -2.36. The Hall–Kier alpha value is -1.85. The van der Waals surface area contributed by atoms with E-state index >= 15 is 0 Å². The molecule has 1 aliphatic heterocycles. The van der Waals surface area contributed by atoms with Crippen molar-refractivity contribution in [3.8, 4) is 0 Å². The number of hydrogen-bond acceptors (Lipinski definition) is 3. The molecular weight excluding hydrogens is 324 g/mol. The summed E-state index contributed by atoms with van der Waals surface area (Å²) in [4.78, 5) is 20.5. The van der Waals surface area contributed by atoms with Crippen LogP contribution in [0.4, 0.5) is 0 Å². The van der Waals surface area contributed by atoms with E-state index in [9.17, 15) is 4.79 Å². The van der Waals surface area contributed by atoms with Crippen LogP contribution in [0.2, 0.25) is 0 Å². The van der Waals surface area contributed by atoms with Crippen LogP contribution >= 0.6 is 0 Å². The Bertz CT molecular complexity index is 731. The minimum absolute atomic E-state index is 0.170. The third-order valence-corrected chi connectivity index (χ3v) is 5.67. The van der Waals surface area contributed by atoms with Crippen LogP contribution in [0.1, 0.15) is 31.0 Å². The van der Waals surface area contributed by atoms with Crippen molar-refractivity contribution in [2.45, 2.75) is 39.2 Å². The topological polar surface area (TPSA) is 51.4 Å². The van der Waals surface area contributed by atoms with Gasteiger partial charge in [0.05, 0.1) is 0 Å². The maximum absolute atomic E-state index is 12.2. The number of nitrogens with zero attached hydrogens (tertiary/aromatic N) is 2. The van der Waals surface area contributed by atoms with E-state index in [2.05, 4.69) is 59.2 Å². The molecule has 0 radical (unpaired) electrons. The summed E-state index contributed by atoms with van der Waals surface area (Å²) < 4.78 is 0. The highest BCUT2D eigenvalue weighted by atomic mass is 16.1. The second kappa shape index (κ2) is 8.69. The van der Waals surface area contributed by atoms with Crippen molar-refractivity contribution in [3.63, 3.8) is 0 Å². The van der Waals surface area contributed by atoms with Crippen LogP contribution in [-0.4, -0.2) is 66.5 Å². The molecule has 2 heterocycles. The summed E-state index contributed by atoms with van der Waals surface area (Å²) >= 11 is 0. The van der Waals surface area contributed by atoms with Gasteiger partial charge in [-0.05, 0) is 45.4 Å². The number of para-hydroxylation sites is 1. The van der Waals surface area contributed by atoms with Gasteiger partial charge in [0.2, 0.25) is 5.91 Å². The number of fused-ring (bicyclic) bond motifs is 1. The first-order valence-electron chi connectivity index (χ1n) is 9.80. The average Bonchev–Trinajstić information content (AvgIpc) is 2.96. The second-order valence-electron chi connectivity index (χ2n) is 7.60. The van der Waals surface area contributed by atoms with Crippen LogP contribution in [0.25, 0.3) is 10.9 Å². The van der Waals surface area contributed by atoms with Gasteiger partial charge in [0, 0.05) is 61.8 Å². The predicted octanol–water partition coefficient (Wildman–Crippen LogP) is 2.55. The standard InChI is InChI=1S/C21H32N4O/c1-16(25-14-12-24(3)13-15-25)8-9-21(26)22-11-10-18-17(2)23-20-7-5-4-6-19(18)20/h4-7,16,23H,8-15H2,1-3H3,(H,22,26). The summed E-state index contributed by atoms with van der Waals surface area (Å²) in [6.07, 6.45) is 2.41. The normalized spacial score (nSPS) is 17.5. The molecule has 5 nitrogen and oxygen atoms in total. The molecule has 1 saturated heterocycles. The lowest BCUT2D eigenvalue weighted by atomic mass is 10.1. The van der Waals surface area contributed by atoms with Crippen molar-refractivity contribution in [1.82, 2.24) is 20.1 Å². The Morgan fingerprint density at radius 3 is 2.73 bits per heavy atom. The minimum atomic E-state index is 0.170. The second-order valence-corrected chi connectivity index (χ2v) is 7.60. The smallest absolute Gasteiger partial charge is 0.220 e. The molecule has 0 aliphatic carbocycles. The summed E-state index contributed by atoms with van der Waals surface area (Å²) in [7, 11) is 2.17. The maximum Gasteiger partial charge on any atom is 0.220 e. The number of carbonyl (C=O) groups excluding carboxylic acids is 1. The van der Waals surface area contributed by atoms with Crippen molar-refractivity contribution in [1.29, 1.82) is 0 Å². The molecule has 142 valence electrons. The molecule has 1 aliphatic rings. The van der Waals surface area contributed by atoms with Gasteiger partial charge in [0.1, 0.15) is 0 Å². The molecular formula is C21H32N4O. The number of rotatable bonds is 7. The highest BCUT2D eigenvalue weighted by Gasteiger charge is 2.19. The molecule has 1 amide bonds. The lowest BCUT2D eigenvalue weighted by Crippen LogP contribution is -2.48. The van der Waals surface area contributed by atoms with Gasteiger partial charge in [-0.15, -0.1) is 0 Å². The van der Waals surface area contributed by atoms with E-state index in [1.54, 1.807) is 0 Å². The number of aromatic amines is 1. The van der Waals surface area contributed by atoms with Crippen molar-refractivity contribution < 1.29 is 4.79 Å². The van der Waals surface area contributed by atoms with Crippen molar-refractivity contribution in [2.75, 3.05) is 39.8 Å². The first-order chi connectivity index (χ1) is 12.5. The van der Waals surface area contributed by atoms with Gasteiger partial charge in [0.25, 0.3) is 0 Å². The molecule has 5 heteroatoms. The van der Waals surface area contributed by atoms with Gasteiger partial charge in [-0.2, -0.15) is 0 Å². The van der Waals surface area contributed by atoms with Crippen LogP contribution in [-0.2, 0) is 11.2 Å². The fraction of sp³-hybridized carbons (Fsp3) is 0.571. The molecule has 2 aromatic rings. The first kappa shape index (κ1) is 18.9. The number of aryl methyl sites for hydroxylation is 1. The minimum Gasteiger partial charge on any atom is -0.358 e.